The lowest BCUT2D eigenvalue weighted by molar-refractivity contribution is -0.275. The molecule has 0 bridgehead atoms. The summed E-state index contributed by atoms with van der Waals surface area (Å²) in [5.41, 5.74) is 1.88. The van der Waals surface area contributed by atoms with Gasteiger partial charge in [-0.15, -0.1) is 26.3 Å². The van der Waals surface area contributed by atoms with E-state index in [-0.39, 0.29) is 30.2 Å². The Balaban J connectivity index is 1.80. The van der Waals surface area contributed by atoms with Crippen molar-refractivity contribution in [2.45, 2.75) is 26.2 Å². The first-order valence-electron chi connectivity index (χ1n) is 10.6. The van der Waals surface area contributed by atoms with E-state index in [1.165, 1.54) is 48.3 Å². The zero-order valence-electron chi connectivity index (χ0n) is 19.1. The van der Waals surface area contributed by atoms with Crippen LogP contribution in [0.1, 0.15) is 22.8 Å². The van der Waals surface area contributed by atoms with Gasteiger partial charge in [0, 0.05) is 13.6 Å². The number of ether oxygens (including phenoxy) is 3. The van der Waals surface area contributed by atoms with Gasteiger partial charge in [0.2, 0.25) is 0 Å². The van der Waals surface area contributed by atoms with E-state index >= 15 is 0 Å². The molecule has 0 fully saturated rings. The minimum Gasteiger partial charge on any atom is -0.493 e. The maximum Gasteiger partial charge on any atom is 0.573 e. The Bertz CT molecular complexity index is 1180. The third-order valence-electron chi connectivity index (χ3n) is 4.85. The van der Waals surface area contributed by atoms with Crippen molar-refractivity contribution >= 4 is 5.91 Å². The fourth-order valence-electron chi connectivity index (χ4n) is 3.35. The maximum atomic E-state index is 13.2. The van der Waals surface area contributed by atoms with Crippen LogP contribution in [0.25, 0.3) is 11.1 Å². The fraction of sp³-hybridized carbons (Fsp3) is 0.240. The Morgan fingerprint density at radius 3 is 1.78 bits per heavy atom. The minimum atomic E-state index is -4.81. The molecule has 5 nitrogen and oxygen atoms in total. The first-order chi connectivity index (χ1) is 16.8. The summed E-state index contributed by atoms with van der Waals surface area (Å²) in [7, 11) is 1.52. The van der Waals surface area contributed by atoms with Crippen LogP contribution in [0.5, 0.6) is 17.2 Å². The molecule has 3 rings (SSSR count). The van der Waals surface area contributed by atoms with Gasteiger partial charge in [0.05, 0.1) is 12.2 Å². The van der Waals surface area contributed by atoms with E-state index in [4.69, 9.17) is 4.74 Å². The van der Waals surface area contributed by atoms with E-state index in [9.17, 15) is 31.1 Å². The Morgan fingerprint density at radius 1 is 0.778 bits per heavy atom. The summed E-state index contributed by atoms with van der Waals surface area (Å²) in [6, 6.07) is 15.1. The second kappa shape index (κ2) is 10.8. The van der Waals surface area contributed by atoms with Crippen LogP contribution < -0.4 is 14.2 Å². The van der Waals surface area contributed by atoms with Gasteiger partial charge in [-0.1, -0.05) is 30.3 Å². The third-order valence-corrected chi connectivity index (χ3v) is 4.85. The fourth-order valence-corrected chi connectivity index (χ4v) is 3.35. The van der Waals surface area contributed by atoms with Gasteiger partial charge in [0.25, 0.3) is 5.91 Å². The highest BCUT2D eigenvalue weighted by Crippen LogP contribution is 2.31. The van der Waals surface area contributed by atoms with Crippen LogP contribution in [-0.2, 0) is 6.54 Å². The van der Waals surface area contributed by atoms with Gasteiger partial charge in [-0.05, 0) is 60.0 Å². The minimum absolute atomic E-state index is 0.0877. The number of rotatable bonds is 8. The maximum absolute atomic E-state index is 13.2. The number of hydrogen-bond acceptors (Lipinski definition) is 4. The number of hydrogen-bond donors (Lipinski definition) is 0. The van der Waals surface area contributed by atoms with Crippen LogP contribution in [-0.4, -0.2) is 37.2 Å². The molecule has 0 aliphatic rings. The number of carbonyl (C=O) groups is 1. The molecular formula is C25H21F6NO4. The largest absolute Gasteiger partial charge is 0.573 e. The molecule has 0 aliphatic heterocycles. The molecule has 0 saturated carbocycles. The summed E-state index contributed by atoms with van der Waals surface area (Å²) in [5.74, 6) is -0.866. The molecule has 3 aromatic carbocycles. The van der Waals surface area contributed by atoms with Crippen LogP contribution in [0.4, 0.5) is 26.3 Å². The highest BCUT2D eigenvalue weighted by atomic mass is 19.4. The average molecular weight is 513 g/mol. The van der Waals surface area contributed by atoms with Crippen molar-refractivity contribution < 1.29 is 45.3 Å². The van der Waals surface area contributed by atoms with E-state index in [1.54, 1.807) is 25.1 Å². The Kier molecular flexibility index (Phi) is 8.01. The molecule has 0 radical (unpaired) electrons. The zero-order chi connectivity index (χ0) is 26.5. The standard InChI is InChI=1S/C25H21F6NO4/c1-3-34-22-13-8-18(17-6-11-20(12-7-17)36-25(29,30)31)14-21(22)23(33)32(2)15-16-4-9-19(10-5-16)35-24(26,27)28/h4-14H,3,15H2,1-2H3. The monoisotopic (exact) mass is 513 g/mol. The summed E-state index contributed by atoms with van der Waals surface area (Å²) < 4.78 is 87.6. The normalized spacial score (nSPS) is 11.7. The van der Waals surface area contributed by atoms with Crippen LogP contribution in [0.3, 0.4) is 0 Å². The summed E-state index contributed by atoms with van der Waals surface area (Å²) >= 11 is 0. The second-order valence-electron chi connectivity index (χ2n) is 7.57. The van der Waals surface area contributed by atoms with Gasteiger partial charge in [0.15, 0.2) is 0 Å². The smallest absolute Gasteiger partial charge is 0.493 e. The van der Waals surface area contributed by atoms with Crippen molar-refractivity contribution in [3.63, 3.8) is 0 Å². The molecule has 0 unspecified atom stereocenters. The molecule has 0 atom stereocenters. The van der Waals surface area contributed by atoms with Crippen molar-refractivity contribution in [3.8, 4) is 28.4 Å². The predicted octanol–water partition coefficient (Wildman–Crippen LogP) is 6.82. The van der Waals surface area contributed by atoms with E-state index < -0.39 is 18.6 Å². The Morgan fingerprint density at radius 2 is 1.28 bits per heavy atom. The van der Waals surface area contributed by atoms with E-state index in [1.807, 2.05) is 0 Å². The molecule has 1 amide bonds. The number of carbonyl (C=O) groups excluding carboxylic acids is 1. The average Bonchev–Trinajstić information content (AvgIpc) is 2.79. The first kappa shape index (κ1) is 26.7. The molecular weight excluding hydrogens is 492 g/mol. The van der Waals surface area contributed by atoms with Crippen LogP contribution in [0.15, 0.2) is 66.7 Å². The lowest BCUT2D eigenvalue weighted by atomic mass is 10.0. The second-order valence-corrected chi connectivity index (χ2v) is 7.57. The molecule has 0 N–H and O–H groups in total. The predicted molar refractivity (Wildman–Crippen MR) is 119 cm³/mol. The molecule has 192 valence electrons. The Labute approximate surface area is 202 Å². The highest BCUT2D eigenvalue weighted by molar-refractivity contribution is 5.98. The third kappa shape index (κ3) is 7.56. The Hall–Kier alpha value is -3.89. The van der Waals surface area contributed by atoms with Crippen molar-refractivity contribution in [1.82, 2.24) is 4.90 Å². The van der Waals surface area contributed by atoms with Crippen molar-refractivity contribution in [3.05, 3.63) is 77.9 Å². The van der Waals surface area contributed by atoms with E-state index in [2.05, 4.69) is 9.47 Å². The van der Waals surface area contributed by atoms with E-state index in [0.717, 1.165) is 12.1 Å². The molecule has 0 heterocycles. The van der Waals surface area contributed by atoms with Gasteiger partial charge >= 0.3 is 12.7 Å². The van der Waals surface area contributed by atoms with Crippen LogP contribution in [0, 0.1) is 0 Å². The molecule has 0 aliphatic carbocycles. The first-order valence-corrected chi connectivity index (χ1v) is 10.6. The molecule has 0 spiro atoms. The van der Waals surface area contributed by atoms with Gasteiger partial charge in [-0.2, -0.15) is 0 Å². The van der Waals surface area contributed by atoms with Crippen molar-refractivity contribution in [2.75, 3.05) is 13.7 Å². The van der Waals surface area contributed by atoms with Gasteiger partial charge in [-0.3, -0.25) is 4.79 Å². The van der Waals surface area contributed by atoms with E-state index in [0.29, 0.717) is 22.4 Å². The van der Waals surface area contributed by atoms with Crippen molar-refractivity contribution in [2.24, 2.45) is 0 Å². The van der Waals surface area contributed by atoms with Crippen molar-refractivity contribution in [1.29, 1.82) is 0 Å². The lowest BCUT2D eigenvalue weighted by Gasteiger charge is -2.20. The number of amides is 1. The number of nitrogens with zero attached hydrogens (tertiary/aromatic N) is 1. The van der Waals surface area contributed by atoms with Gasteiger partial charge in [-0.25, -0.2) is 0 Å². The molecule has 36 heavy (non-hydrogen) atoms. The zero-order valence-corrected chi connectivity index (χ0v) is 19.1. The summed E-state index contributed by atoms with van der Waals surface area (Å²) in [6.07, 6.45) is -9.61. The summed E-state index contributed by atoms with van der Waals surface area (Å²) in [5, 5.41) is 0. The number of benzene rings is 3. The quantitative estimate of drug-likeness (QED) is 0.310. The number of halogens is 6. The van der Waals surface area contributed by atoms with Crippen LogP contribution in [0.2, 0.25) is 0 Å². The molecule has 11 heteroatoms. The summed E-state index contributed by atoms with van der Waals surface area (Å²) in [6.45, 7) is 2.12. The molecule has 0 saturated heterocycles. The molecule has 0 aromatic heterocycles. The van der Waals surface area contributed by atoms with Crippen LogP contribution >= 0.6 is 0 Å². The topological polar surface area (TPSA) is 48.0 Å². The van der Waals surface area contributed by atoms with Gasteiger partial charge < -0.3 is 19.1 Å². The summed E-state index contributed by atoms with van der Waals surface area (Å²) in [4.78, 5) is 14.6. The lowest BCUT2D eigenvalue weighted by Crippen LogP contribution is -2.26. The molecule has 3 aromatic rings. The van der Waals surface area contributed by atoms with Gasteiger partial charge in [0.1, 0.15) is 17.2 Å². The number of alkyl halides is 6. The highest BCUT2D eigenvalue weighted by Gasteiger charge is 2.31. The SMILES string of the molecule is CCOc1ccc(-c2ccc(OC(F)(F)F)cc2)cc1C(=O)N(C)Cc1ccc(OC(F)(F)F)cc1.